The Balaban J connectivity index is 1.76. The molecule has 0 bridgehead atoms. The van der Waals surface area contributed by atoms with Gasteiger partial charge in [0.05, 0.1) is 18.4 Å². The van der Waals surface area contributed by atoms with Gasteiger partial charge in [-0.1, -0.05) is 39.8 Å². The van der Waals surface area contributed by atoms with Crippen molar-refractivity contribution in [3.63, 3.8) is 0 Å². The fraction of sp³-hybridized carbons (Fsp3) is 0.286. The van der Waals surface area contributed by atoms with Crippen LogP contribution in [0.4, 0.5) is 5.69 Å². The number of carbonyl (C=O) groups excluding carboxylic acids is 2. The Labute approximate surface area is 199 Å². The number of nitrogens with zero attached hydrogens (tertiary/aromatic N) is 1. The number of ether oxygens (including phenoxy) is 1. The lowest BCUT2D eigenvalue weighted by Gasteiger charge is -2.23. The van der Waals surface area contributed by atoms with Crippen LogP contribution in [0.2, 0.25) is 0 Å². The van der Waals surface area contributed by atoms with Crippen molar-refractivity contribution in [3.05, 3.63) is 89.4 Å². The van der Waals surface area contributed by atoms with Gasteiger partial charge in [0.25, 0.3) is 11.7 Å². The number of furan rings is 1. The number of hydrogen-bond acceptors (Lipinski definition) is 5. The van der Waals surface area contributed by atoms with Crippen molar-refractivity contribution in [1.29, 1.82) is 0 Å². The zero-order valence-corrected chi connectivity index (χ0v) is 19.8. The minimum atomic E-state index is -0.878. The van der Waals surface area contributed by atoms with Gasteiger partial charge in [0.2, 0.25) is 0 Å². The molecule has 6 heteroatoms. The van der Waals surface area contributed by atoms with Crippen LogP contribution in [-0.4, -0.2) is 23.4 Å². The Morgan fingerprint density at radius 3 is 2.24 bits per heavy atom. The van der Waals surface area contributed by atoms with E-state index < -0.39 is 17.7 Å². The molecule has 1 fully saturated rings. The first-order chi connectivity index (χ1) is 16.3. The van der Waals surface area contributed by atoms with Gasteiger partial charge in [-0.25, -0.2) is 0 Å². The Hall–Kier alpha value is -3.80. The van der Waals surface area contributed by atoms with Gasteiger partial charge in [-0.2, -0.15) is 0 Å². The van der Waals surface area contributed by atoms with Gasteiger partial charge in [-0.05, 0) is 65.9 Å². The molecule has 1 aliphatic rings. The number of benzene rings is 2. The largest absolute Gasteiger partial charge is 0.507 e. The molecule has 1 atom stereocenters. The highest BCUT2D eigenvalue weighted by Gasteiger charge is 2.48. The van der Waals surface area contributed by atoms with Gasteiger partial charge < -0.3 is 14.3 Å². The number of aliphatic hydroxyl groups excluding tert-OH is 1. The van der Waals surface area contributed by atoms with E-state index in [2.05, 4.69) is 27.7 Å². The molecule has 1 amide bonds. The Morgan fingerprint density at radius 2 is 1.68 bits per heavy atom. The van der Waals surface area contributed by atoms with Gasteiger partial charge in [0.1, 0.15) is 23.3 Å². The number of anilines is 1. The molecule has 4 rings (SSSR count). The van der Waals surface area contributed by atoms with Gasteiger partial charge in [0.15, 0.2) is 0 Å². The minimum absolute atomic E-state index is 0.0104. The smallest absolute Gasteiger partial charge is 0.300 e. The Morgan fingerprint density at radius 1 is 1.00 bits per heavy atom. The van der Waals surface area contributed by atoms with E-state index in [0.717, 1.165) is 5.56 Å². The third-order valence-corrected chi connectivity index (χ3v) is 5.81. The second-order valence-electron chi connectivity index (χ2n) is 9.16. The van der Waals surface area contributed by atoms with Crippen molar-refractivity contribution in [2.24, 2.45) is 5.92 Å². The van der Waals surface area contributed by atoms with Crippen LogP contribution < -0.4 is 9.64 Å². The predicted molar refractivity (Wildman–Crippen MR) is 131 cm³/mol. The van der Waals surface area contributed by atoms with Crippen LogP contribution in [-0.2, 0) is 9.59 Å². The molecule has 34 heavy (non-hydrogen) atoms. The van der Waals surface area contributed by atoms with Gasteiger partial charge >= 0.3 is 0 Å². The molecule has 6 nitrogen and oxygen atoms in total. The summed E-state index contributed by atoms with van der Waals surface area (Å²) >= 11 is 0. The third-order valence-electron chi connectivity index (χ3n) is 5.81. The summed E-state index contributed by atoms with van der Waals surface area (Å²) in [5, 5.41) is 11.2. The molecule has 1 aromatic heterocycles. The number of carbonyl (C=O) groups is 2. The number of ketones is 1. The van der Waals surface area contributed by atoms with Crippen molar-refractivity contribution < 1.29 is 23.8 Å². The van der Waals surface area contributed by atoms with Crippen molar-refractivity contribution in [2.45, 2.75) is 39.7 Å². The highest BCUT2D eigenvalue weighted by molar-refractivity contribution is 6.51. The van der Waals surface area contributed by atoms with Crippen LogP contribution in [0.15, 0.2) is 76.9 Å². The molecular weight excluding hydrogens is 430 g/mol. The van der Waals surface area contributed by atoms with Crippen LogP contribution in [0.3, 0.4) is 0 Å². The van der Waals surface area contributed by atoms with Gasteiger partial charge in [-0.3, -0.25) is 14.5 Å². The van der Waals surface area contributed by atoms with Crippen LogP contribution in [0, 0.1) is 5.92 Å². The quantitative estimate of drug-likeness (QED) is 0.264. The van der Waals surface area contributed by atoms with E-state index in [1.807, 2.05) is 24.3 Å². The molecule has 0 aliphatic carbocycles. The number of amides is 1. The number of hydrogen-bond donors (Lipinski definition) is 1. The fourth-order valence-corrected chi connectivity index (χ4v) is 3.96. The van der Waals surface area contributed by atoms with Crippen molar-refractivity contribution >= 4 is 23.1 Å². The first kappa shape index (κ1) is 23.4. The third kappa shape index (κ3) is 4.49. The lowest BCUT2D eigenvalue weighted by molar-refractivity contribution is -0.132. The van der Waals surface area contributed by atoms with Crippen molar-refractivity contribution in [2.75, 3.05) is 11.5 Å². The van der Waals surface area contributed by atoms with Crippen LogP contribution >= 0.6 is 0 Å². The molecular formula is C28H29NO5. The molecule has 1 unspecified atom stereocenters. The van der Waals surface area contributed by atoms with E-state index in [4.69, 9.17) is 9.15 Å². The maximum Gasteiger partial charge on any atom is 0.300 e. The summed E-state index contributed by atoms with van der Waals surface area (Å²) in [6.07, 6.45) is 1.48. The highest BCUT2D eigenvalue weighted by Crippen LogP contribution is 2.42. The van der Waals surface area contributed by atoms with E-state index in [1.54, 1.807) is 36.4 Å². The molecule has 1 N–H and O–H groups in total. The maximum absolute atomic E-state index is 13.2. The number of rotatable bonds is 7. The highest BCUT2D eigenvalue weighted by atomic mass is 16.5. The second-order valence-corrected chi connectivity index (χ2v) is 9.16. The summed E-state index contributed by atoms with van der Waals surface area (Å²) in [6, 6.07) is 16.8. The van der Waals surface area contributed by atoms with Crippen LogP contribution in [0.1, 0.15) is 56.5 Å². The van der Waals surface area contributed by atoms with E-state index in [0.29, 0.717) is 41.2 Å². The lowest BCUT2D eigenvalue weighted by atomic mass is 9.98. The van der Waals surface area contributed by atoms with Gasteiger partial charge in [0, 0.05) is 11.3 Å². The predicted octanol–water partition coefficient (Wildman–Crippen LogP) is 6.06. The Kier molecular flexibility index (Phi) is 6.59. The van der Waals surface area contributed by atoms with Crippen molar-refractivity contribution in [3.8, 4) is 5.75 Å². The Bertz CT molecular complexity index is 1190. The molecule has 2 heterocycles. The molecule has 176 valence electrons. The summed E-state index contributed by atoms with van der Waals surface area (Å²) in [5.41, 5.74) is 2.09. The summed E-state index contributed by atoms with van der Waals surface area (Å²) < 4.78 is 11.3. The van der Waals surface area contributed by atoms with E-state index in [-0.39, 0.29) is 11.3 Å². The first-order valence-electron chi connectivity index (χ1n) is 11.5. The second kappa shape index (κ2) is 9.59. The average molecular weight is 460 g/mol. The summed E-state index contributed by atoms with van der Waals surface area (Å²) in [7, 11) is 0. The summed E-state index contributed by atoms with van der Waals surface area (Å²) in [6.45, 7) is 8.87. The molecule has 2 aromatic carbocycles. The summed E-state index contributed by atoms with van der Waals surface area (Å²) in [4.78, 5) is 27.7. The molecule has 0 radical (unpaired) electrons. The molecule has 0 saturated carbocycles. The minimum Gasteiger partial charge on any atom is -0.507 e. The zero-order valence-electron chi connectivity index (χ0n) is 19.8. The van der Waals surface area contributed by atoms with E-state index in [9.17, 15) is 14.7 Å². The number of Topliss-reactive ketones (excluding diaryl/α,β-unsaturated/α-hetero) is 1. The van der Waals surface area contributed by atoms with E-state index in [1.165, 1.54) is 11.2 Å². The lowest BCUT2D eigenvalue weighted by Crippen LogP contribution is -2.29. The normalized spacial score (nSPS) is 17.7. The zero-order chi connectivity index (χ0) is 24.4. The number of aliphatic hydroxyl groups is 1. The fourth-order valence-electron chi connectivity index (χ4n) is 3.96. The van der Waals surface area contributed by atoms with Gasteiger partial charge in [-0.15, -0.1) is 0 Å². The van der Waals surface area contributed by atoms with E-state index >= 15 is 0 Å². The maximum atomic E-state index is 13.2. The van der Waals surface area contributed by atoms with Crippen LogP contribution in [0.5, 0.6) is 5.75 Å². The SMILES string of the molecule is CC(C)COc1ccc(/C(O)=C2/C(=O)C(=O)N(c3ccc(C(C)C)cc3)C2c2ccco2)cc1. The molecule has 3 aromatic rings. The molecule has 1 saturated heterocycles. The standard InChI is InChI=1S/C28H29NO5/c1-17(2)16-34-22-13-9-20(10-14-22)26(30)24-25(23-6-5-15-33-23)29(28(32)27(24)31)21-11-7-19(8-12-21)18(3)4/h5-15,17-18,25,30H,16H2,1-4H3/b26-24-. The average Bonchev–Trinajstić information content (AvgIpc) is 3.44. The molecule has 1 aliphatic heterocycles. The van der Waals surface area contributed by atoms with Crippen molar-refractivity contribution in [1.82, 2.24) is 0 Å². The monoisotopic (exact) mass is 459 g/mol. The molecule has 0 spiro atoms. The first-order valence-corrected chi connectivity index (χ1v) is 11.5. The topological polar surface area (TPSA) is 80.0 Å². The van der Waals surface area contributed by atoms with Crippen LogP contribution in [0.25, 0.3) is 5.76 Å². The summed E-state index contributed by atoms with van der Waals surface area (Å²) in [5.74, 6) is 0.0504.